The summed E-state index contributed by atoms with van der Waals surface area (Å²) in [4.78, 5) is 12.4. The van der Waals surface area contributed by atoms with Gasteiger partial charge in [0.1, 0.15) is 0 Å². The third-order valence-electron chi connectivity index (χ3n) is 6.27. The molecule has 0 radical (unpaired) electrons. The molecule has 1 heterocycles. The van der Waals surface area contributed by atoms with E-state index >= 15 is 0 Å². The standard InChI is InChI=1S/C17H29NO2/c1-15(2,3)12-10-8-11(13(12)16(4,5)18)17(9-10)6-7-20-14(17)19/h10-13H,6-9,18H2,1-5H3. The van der Waals surface area contributed by atoms with E-state index in [2.05, 4.69) is 34.6 Å². The molecule has 114 valence electrons. The van der Waals surface area contributed by atoms with E-state index in [1.165, 1.54) is 6.42 Å². The van der Waals surface area contributed by atoms with Gasteiger partial charge >= 0.3 is 5.97 Å². The summed E-state index contributed by atoms with van der Waals surface area (Å²) in [5, 5.41) is 0. The molecular weight excluding hydrogens is 250 g/mol. The van der Waals surface area contributed by atoms with Gasteiger partial charge in [-0.3, -0.25) is 4.79 Å². The largest absolute Gasteiger partial charge is 0.465 e. The van der Waals surface area contributed by atoms with Gasteiger partial charge < -0.3 is 10.5 Å². The molecule has 20 heavy (non-hydrogen) atoms. The van der Waals surface area contributed by atoms with Crippen LogP contribution in [0.3, 0.4) is 0 Å². The first-order chi connectivity index (χ1) is 9.07. The minimum Gasteiger partial charge on any atom is -0.465 e. The van der Waals surface area contributed by atoms with Crippen LogP contribution >= 0.6 is 0 Å². The molecule has 3 nitrogen and oxygen atoms in total. The molecule has 5 unspecified atom stereocenters. The molecule has 0 amide bonds. The van der Waals surface area contributed by atoms with Gasteiger partial charge in [0.25, 0.3) is 0 Å². The van der Waals surface area contributed by atoms with Gasteiger partial charge in [0.15, 0.2) is 0 Å². The van der Waals surface area contributed by atoms with Crippen molar-refractivity contribution in [2.24, 2.45) is 40.2 Å². The first kappa shape index (κ1) is 14.4. The number of carbonyl (C=O) groups excluding carboxylic acids is 1. The Morgan fingerprint density at radius 2 is 1.85 bits per heavy atom. The Kier molecular flexibility index (Phi) is 2.87. The van der Waals surface area contributed by atoms with E-state index in [-0.39, 0.29) is 22.3 Å². The van der Waals surface area contributed by atoms with Crippen molar-refractivity contribution in [1.29, 1.82) is 0 Å². The number of hydrogen-bond acceptors (Lipinski definition) is 3. The first-order valence-corrected chi connectivity index (χ1v) is 8.03. The highest BCUT2D eigenvalue weighted by atomic mass is 16.5. The summed E-state index contributed by atoms with van der Waals surface area (Å²) in [6.07, 6.45) is 3.11. The highest BCUT2D eigenvalue weighted by Gasteiger charge is 2.68. The number of hydrogen-bond donors (Lipinski definition) is 1. The van der Waals surface area contributed by atoms with Crippen LogP contribution in [-0.4, -0.2) is 18.1 Å². The number of esters is 1. The van der Waals surface area contributed by atoms with Crippen molar-refractivity contribution < 1.29 is 9.53 Å². The Morgan fingerprint density at radius 3 is 2.30 bits per heavy atom. The van der Waals surface area contributed by atoms with Crippen LogP contribution in [0.4, 0.5) is 0 Å². The average Bonchev–Trinajstić information content (AvgIpc) is 2.90. The minimum atomic E-state index is -0.229. The molecule has 1 saturated heterocycles. The van der Waals surface area contributed by atoms with Crippen molar-refractivity contribution in [1.82, 2.24) is 0 Å². The molecule has 3 fully saturated rings. The van der Waals surface area contributed by atoms with E-state index in [9.17, 15) is 4.79 Å². The lowest BCUT2D eigenvalue weighted by Crippen LogP contribution is -2.55. The van der Waals surface area contributed by atoms with Crippen LogP contribution in [0.1, 0.15) is 53.9 Å². The molecule has 3 rings (SSSR count). The number of carbonyl (C=O) groups is 1. The van der Waals surface area contributed by atoms with E-state index in [0.717, 1.165) is 12.8 Å². The smallest absolute Gasteiger partial charge is 0.312 e. The van der Waals surface area contributed by atoms with Gasteiger partial charge in [-0.15, -0.1) is 0 Å². The average molecular weight is 279 g/mol. The number of nitrogens with two attached hydrogens (primary N) is 1. The van der Waals surface area contributed by atoms with Crippen LogP contribution in [-0.2, 0) is 9.53 Å². The maximum Gasteiger partial charge on any atom is 0.312 e. The van der Waals surface area contributed by atoms with E-state index in [1.54, 1.807) is 0 Å². The molecule has 2 saturated carbocycles. The van der Waals surface area contributed by atoms with Crippen molar-refractivity contribution in [3.8, 4) is 0 Å². The molecule has 3 heteroatoms. The molecule has 2 aliphatic carbocycles. The molecule has 2 N–H and O–H groups in total. The lowest BCUT2D eigenvalue weighted by molar-refractivity contribution is -0.152. The molecule has 1 spiro atoms. The predicted molar refractivity (Wildman–Crippen MR) is 78.9 cm³/mol. The fourth-order valence-corrected chi connectivity index (χ4v) is 5.88. The van der Waals surface area contributed by atoms with Crippen molar-refractivity contribution in [2.75, 3.05) is 6.61 Å². The molecule has 1 aliphatic heterocycles. The van der Waals surface area contributed by atoms with Crippen LogP contribution in [0.25, 0.3) is 0 Å². The van der Waals surface area contributed by atoms with Crippen LogP contribution in [0, 0.1) is 34.5 Å². The third kappa shape index (κ3) is 1.78. The fraction of sp³-hybridized carbons (Fsp3) is 0.941. The first-order valence-electron chi connectivity index (χ1n) is 8.03. The summed E-state index contributed by atoms with van der Waals surface area (Å²) in [6, 6.07) is 0. The topological polar surface area (TPSA) is 52.3 Å². The third-order valence-corrected chi connectivity index (χ3v) is 6.27. The van der Waals surface area contributed by atoms with E-state index in [4.69, 9.17) is 10.5 Å². The van der Waals surface area contributed by atoms with E-state index in [1.807, 2.05) is 0 Å². The van der Waals surface area contributed by atoms with Crippen molar-refractivity contribution in [3.63, 3.8) is 0 Å². The van der Waals surface area contributed by atoms with E-state index in [0.29, 0.717) is 30.3 Å². The van der Waals surface area contributed by atoms with Crippen LogP contribution < -0.4 is 5.73 Å². The Labute approximate surface area is 122 Å². The second-order valence-electron chi connectivity index (χ2n) is 9.09. The normalized spacial score (nSPS) is 44.4. The fourth-order valence-electron chi connectivity index (χ4n) is 5.88. The van der Waals surface area contributed by atoms with Crippen LogP contribution in [0.2, 0.25) is 0 Å². The number of rotatable bonds is 1. The van der Waals surface area contributed by atoms with Gasteiger partial charge in [0.2, 0.25) is 0 Å². The van der Waals surface area contributed by atoms with Crippen molar-refractivity contribution in [3.05, 3.63) is 0 Å². The lowest BCUT2D eigenvalue weighted by atomic mass is 9.54. The predicted octanol–water partition coefficient (Wildman–Crippen LogP) is 2.98. The maximum absolute atomic E-state index is 12.4. The zero-order chi connectivity index (χ0) is 14.9. The van der Waals surface area contributed by atoms with Gasteiger partial charge in [-0.2, -0.15) is 0 Å². The van der Waals surface area contributed by atoms with Crippen molar-refractivity contribution >= 4 is 5.97 Å². The zero-order valence-electron chi connectivity index (χ0n) is 13.5. The summed E-state index contributed by atoms with van der Waals surface area (Å²) in [7, 11) is 0. The van der Waals surface area contributed by atoms with Crippen LogP contribution in [0.15, 0.2) is 0 Å². The second kappa shape index (κ2) is 4.00. The molecular formula is C17H29NO2. The molecule has 0 aromatic rings. The van der Waals surface area contributed by atoms with Gasteiger partial charge in [-0.25, -0.2) is 0 Å². The van der Waals surface area contributed by atoms with Gasteiger partial charge in [0.05, 0.1) is 12.0 Å². The maximum atomic E-state index is 12.4. The summed E-state index contributed by atoms with van der Waals surface area (Å²) in [6.45, 7) is 11.9. The summed E-state index contributed by atoms with van der Waals surface area (Å²) < 4.78 is 5.35. The molecule has 2 bridgehead atoms. The van der Waals surface area contributed by atoms with Gasteiger partial charge in [0, 0.05) is 5.54 Å². The SMILES string of the molecule is CC(C)(C)C1C2CC(C1C(C)(C)N)C1(CCOC1=O)C2. The molecule has 0 aromatic carbocycles. The molecule has 5 atom stereocenters. The Hall–Kier alpha value is -0.570. The number of ether oxygens (including phenoxy) is 1. The molecule has 0 aromatic heterocycles. The highest BCUT2D eigenvalue weighted by Crippen LogP contribution is 2.68. The monoisotopic (exact) mass is 279 g/mol. The van der Waals surface area contributed by atoms with Gasteiger partial charge in [-0.05, 0) is 62.2 Å². The second-order valence-corrected chi connectivity index (χ2v) is 9.09. The number of cyclic esters (lactones) is 1. The Balaban J connectivity index is 2.01. The quantitative estimate of drug-likeness (QED) is 0.751. The van der Waals surface area contributed by atoms with Gasteiger partial charge in [-0.1, -0.05) is 20.8 Å². The van der Waals surface area contributed by atoms with Crippen molar-refractivity contribution in [2.45, 2.75) is 59.4 Å². The summed E-state index contributed by atoms with van der Waals surface area (Å²) in [5.74, 6) is 2.16. The molecule has 3 aliphatic rings. The summed E-state index contributed by atoms with van der Waals surface area (Å²) in [5.41, 5.74) is 6.38. The zero-order valence-corrected chi connectivity index (χ0v) is 13.5. The Morgan fingerprint density at radius 1 is 1.20 bits per heavy atom. The number of fused-ring (bicyclic) bond motifs is 3. The lowest BCUT2D eigenvalue weighted by Gasteiger charge is -2.50. The summed E-state index contributed by atoms with van der Waals surface area (Å²) >= 11 is 0. The van der Waals surface area contributed by atoms with E-state index < -0.39 is 0 Å². The minimum absolute atomic E-state index is 0.0617. The Bertz CT molecular complexity index is 431. The highest BCUT2D eigenvalue weighted by molar-refractivity contribution is 5.80. The van der Waals surface area contributed by atoms with Crippen LogP contribution in [0.5, 0.6) is 0 Å².